The van der Waals surface area contributed by atoms with Crippen LogP contribution in [-0.2, 0) is 0 Å². The molecular formula is C17H15Cl2F3N2O2. The molecule has 1 aliphatic rings. The Hall–Kier alpha value is -1.86. The van der Waals surface area contributed by atoms with Crippen LogP contribution in [0.15, 0.2) is 30.5 Å². The molecule has 0 aliphatic carbocycles. The molecule has 1 saturated heterocycles. The third kappa shape index (κ3) is 4.65. The zero-order valence-electron chi connectivity index (χ0n) is 13.5. The molecule has 0 saturated carbocycles. The average molecular weight is 407 g/mol. The topological polar surface area (TPSA) is 34.6 Å². The van der Waals surface area contributed by atoms with E-state index in [-0.39, 0.29) is 10.8 Å². The minimum atomic E-state index is -4.79. The summed E-state index contributed by atoms with van der Waals surface area (Å²) in [5.74, 6) is 0.689. The van der Waals surface area contributed by atoms with Crippen molar-refractivity contribution in [2.24, 2.45) is 0 Å². The van der Waals surface area contributed by atoms with Gasteiger partial charge in [-0.25, -0.2) is 4.98 Å². The summed E-state index contributed by atoms with van der Waals surface area (Å²) in [6.45, 7) is 1.72. The summed E-state index contributed by atoms with van der Waals surface area (Å²) >= 11 is 12.4. The zero-order chi connectivity index (χ0) is 18.7. The number of nitrogens with zero attached hydrogens (tertiary/aromatic N) is 2. The van der Waals surface area contributed by atoms with Crippen molar-refractivity contribution >= 4 is 29.0 Å². The lowest BCUT2D eigenvalue weighted by Gasteiger charge is -2.28. The summed E-state index contributed by atoms with van der Waals surface area (Å²) < 4.78 is 46.3. The van der Waals surface area contributed by atoms with E-state index in [0.29, 0.717) is 16.6 Å². The molecule has 1 aromatic heterocycles. The molecule has 0 amide bonds. The van der Waals surface area contributed by atoms with Gasteiger partial charge in [0, 0.05) is 31.4 Å². The molecule has 1 fully saturated rings. The summed E-state index contributed by atoms with van der Waals surface area (Å²) in [4.78, 5) is 6.40. The van der Waals surface area contributed by atoms with Gasteiger partial charge in [0.15, 0.2) is 11.6 Å². The molecule has 1 aromatic carbocycles. The highest BCUT2D eigenvalue weighted by Crippen LogP contribution is 2.39. The van der Waals surface area contributed by atoms with Crippen molar-refractivity contribution < 1.29 is 22.6 Å². The highest BCUT2D eigenvalue weighted by atomic mass is 35.5. The molecule has 0 unspecified atom stereocenters. The van der Waals surface area contributed by atoms with E-state index in [4.69, 9.17) is 27.9 Å². The molecule has 1 aliphatic heterocycles. The number of alkyl halides is 3. The van der Waals surface area contributed by atoms with Crippen LogP contribution in [0.5, 0.6) is 17.2 Å². The second kappa shape index (κ2) is 7.80. The highest BCUT2D eigenvalue weighted by Gasteiger charge is 2.31. The molecule has 4 nitrogen and oxygen atoms in total. The largest absolute Gasteiger partial charge is 0.573 e. The van der Waals surface area contributed by atoms with Crippen LogP contribution in [0.25, 0.3) is 0 Å². The summed E-state index contributed by atoms with van der Waals surface area (Å²) in [5, 5.41) is 0.306. The van der Waals surface area contributed by atoms with E-state index in [1.165, 1.54) is 12.5 Å². The van der Waals surface area contributed by atoms with Crippen LogP contribution in [0.1, 0.15) is 19.3 Å². The Kier molecular flexibility index (Phi) is 5.67. The van der Waals surface area contributed by atoms with E-state index in [1.54, 1.807) is 12.3 Å². The van der Waals surface area contributed by atoms with Crippen molar-refractivity contribution in [2.45, 2.75) is 25.6 Å². The van der Waals surface area contributed by atoms with Gasteiger partial charge in [-0.1, -0.05) is 23.2 Å². The molecule has 0 spiro atoms. The van der Waals surface area contributed by atoms with Crippen LogP contribution in [0, 0.1) is 0 Å². The van der Waals surface area contributed by atoms with Gasteiger partial charge in [0.2, 0.25) is 0 Å². The number of hydrogen-bond acceptors (Lipinski definition) is 4. The SMILES string of the molecule is FC(F)(F)Oc1ccc(Oc2ccnc(N3CCCCC3)c2Cl)c(Cl)c1. The van der Waals surface area contributed by atoms with E-state index in [2.05, 4.69) is 14.6 Å². The molecule has 2 aromatic rings. The first-order chi connectivity index (χ1) is 12.3. The number of piperidine rings is 1. The summed E-state index contributed by atoms with van der Waals surface area (Å²) in [6.07, 6.45) is 0.0844. The average Bonchev–Trinajstić information content (AvgIpc) is 2.58. The van der Waals surface area contributed by atoms with Crippen molar-refractivity contribution in [3.63, 3.8) is 0 Å². The summed E-state index contributed by atoms with van der Waals surface area (Å²) in [6, 6.07) is 5.02. The number of halogens is 5. The monoisotopic (exact) mass is 406 g/mol. The van der Waals surface area contributed by atoms with E-state index < -0.39 is 12.1 Å². The summed E-state index contributed by atoms with van der Waals surface area (Å²) in [5.41, 5.74) is 0. The predicted octanol–water partition coefficient (Wildman–Crippen LogP) is 6.07. The van der Waals surface area contributed by atoms with Crippen molar-refractivity contribution in [3.05, 3.63) is 40.5 Å². The summed E-state index contributed by atoms with van der Waals surface area (Å²) in [7, 11) is 0. The van der Waals surface area contributed by atoms with E-state index in [1.807, 2.05) is 0 Å². The van der Waals surface area contributed by atoms with Gasteiger partial charge < -0.3 is 14.4 Å². The maximum Gasteiger partial charge on any atom is 0.573 e. The van der Waals surface area contributed by atoms with Crippen molar-refractivity contribution in [1.29, 1.82) is 0 Å². The van der Waals surface area contributed by atoms with Crippen molar-refractivity contribution in [1.82, 2.24) is 4.98 Å². The fourth-order valence-corrected chi connectivity index (χ4v) is 3.18. The standard InChI is InChI=1S/C17H15Cl2F3N2O2/c18-12-10-11(26-17(20,21)22)4-5-13(12)25-14-6-7-23-16(15(14)19)24-8-2-1-3-9-24/h4-7,10H,1-3,8-9H2. The van der Waals surface area contributed by atoms with Gasteiger partial charge in [-0.15, -0.1) is 13.2 Å². The van der Waals surface area contributed by atoms with E-state index in [0.717, 1.165) is 38.1 Å². The van der Waals surface area contributed by atoms with E-state index in [9.17, 15) is 13.2 Å². The Morgan fingerprint density at radius 3 is 2.38 bits per heavy atom. The number of pyridine rings is 1. The number of anilines is 1. The lowest BCUT2D eigenvalue weighted by Crippen LogP contribution is -2.30. The minimum Gasteiger partial charge on any atom is -0.454 e. The maximum absolute atomic E-state index is 12.3. The van der Waals surface area contributed by atoms with Gasteiger partial charge in [0.1, 0.15) is 16.5 Å². The third-order valence-electron chi connectivity index (χ3n) is 3.85. The first-order valence-electron chi connectivity index (χ1n) is 7.96. The van der Waals surface area contributed by atoms with Crippen LogP contribution in [0.2, 0.25) is 10.0 Å². The Morgan fingerprint density at radius 2 is 1.73 bits per heavy atom. The van der Waals surface area contributed by atoms with Gasteiger partial charge in [0.25, 0.3) is 0 Å². The highest BCUT2D eigenvalue weighted by molar-refractivity contribution is 6.34. The number of ether oxygens (including phenoxy) is 2. The Labute approximate surface area is 158 Å². The smallest absolute Gasteiger partial charge is 0.454 e. The van der Waals surface area contributed by atoms with Crippen LogP contribution in [0.4, 0.5) is 19.0 Å². The fourth-order valence-electron chi connectivity index (χ4n) is 2.70. The molecule has 0 bridgehead atoms. The van der Waals surface area contributed by atoms with Gasteiger partial charge in [0.05, 0.1) is 5.02 Å². The van der Waals surface area contributed by atoms with Gasteiger partial charge in [-0.3, -0.25) is 0 Å². The van der Waals surface area contributed by atoms with Crippen molar-refractivity contribution in [3.8, 4) is 17.2 Å². The molecule has 2 heterocycles. The first-order valence-corrected chi connectivity index (χ1v) is 8.72. The fraction of sp³-hybridized carbons (Fsp3) is 0.353. The van der Waals surface area contributed by atoms with Crippen molar-refractivity contribution in [2.75, 3.05) is 18.0 Å². The zero-order valence-corrected chi connectivity index (χ0v) is 15.0. The molecule has 26 heavy (non-hydrogen) atoms. The molecule has 140 valence electrons. The first kappa shape index (κ1) is 18.9. The van der Waals surface area contributed by atoms with Crippen LogP contribution < -0.4 is 14.4 Å². The molecule has 9 heteroatoms. The van der Waals surface area contributed by atoms with Crippen LogP contribution in [0.3, 0.4) is 0 Å². The van der Waals surface area contributed by atoms with Gasteiger partial charge >= 0.3 is 6.36 Å². The molecule has 0 atom stereocenters. The number of aromatic nitrogens is 1. The third-order valence-corrected chi connectivity index (χ3v) is 4.50. The van der Waals surface area contributed by atoms with E-state index >= 15 is 0 Å². The molecule has 0 radical (unpaired) electrons. The second-order valence-electron chi connectivity index (χ2n) is 5.74. The quantitative estimate of drug-likeness (QED) is 0.616. The molecule has 3 rings (SSSR count). The lowest BCUT2D eigenvalue weighted by atomic mass is 10.1. The molecular weight excluding hydrogens is 392 g/mol. The number of hydrogen-bond donors (Lipinski definition) is 0. The van der Waals surface area contributed by atoms with Gasteiger partial charge in [-0.2, -0.15) is 0 Å². The Morgan fingerprint density at radius 1 is 1.00 bits per heavy atom. The Balaban J connectivity index is 1.80. The second-order valence-corrected chi connectivity index (χ2v) is 6.52. The van der Waals surface area contributed by atoms with Crippen LogP contribution >= 0.6 is 23.2 Å². The van der Waals surface area contributed by atoms with Crippen LogP contribution in [-0.4, -0.2) is 24.4 Å². The number of rotatable bonds is 4. The maximum atomic E-state index is 12.3. The lowest BCUT2D eigenvalue weighted by molar-refractivity contribution is -0.274. The normalized spacial score (nSPS) is 15.0. The minimum absolute atomic E-state index is 0.0286. The predicted molar refractivity (Wildman–Crippen MR) is 93.5 cm³/mol. The Bertz CT molecular complexity index is 781. The van der Waals surface area contributed by atoms with Gasteiger partial charge in [-0.05, 0) is 31.4 Å². The number of benzene rings is 1. The molecule has 0 N–H and O–H groups in total.